The number of amides is 2. The summed E-state index contributed by atoms with van der Waals surface area (Å²) < 4.78 is 29.5. The van der Waals surface area contributed by atoms with E-state index in [1.807, 2.05) is 0 Å². The summed E-state index contributed by atoms with van der Waals surface area (Å²) in [4.78, 5) is 25.7. The summed E-state index contributed by atoms with van der Waals surface area (Å²) in [7, 11) is 0. The molecule has 1 aliphatic heterocycles. The molecule has 4 nitrogen and oxygen atoms in total. The number of nitrogens with zero attached hydrogens (tertiary/aromatic N) is 1. The summed E-state index contributed by atoms with van der Waals surface area (Å²) in [6, 6.07) is 9.93. The number of aliphatic hydroxyl groups is 1. The standard InChI is InChI=1S/C15H13NO3/c17-9-3-8-16-14(18)11-6-1-4-10-5-2-7-12(13(10)11)15(16)19/h1-2,4-7,17H,3,8-9H2/i3D2,9D2. The number of carbonyl (C=O) groups is 2. The first-order valence-electron chi connectivity index (χ1n) is 7.74. The third kappa shape index (κ3) is 1.72. The van der Waals surface area contributed by atoms with Crippen LogP contribution in [0.4, 0.5) is 0 Å². The lowest BCUT2D eigenvalue weighted by atomic mass is 9.94. The molecule has 0 bridgehead atoms. The molecule has 1 N–H and O–H groups in total. The Hall–Kier alpha value is -2.20. The maximum Gasteiger partial charge on any atom is 0.261 e. The second-order valence-corrected chi connectivity index (χ2v) is 4.19. The Kier molecular flexibility index (Phi) is 1.90. The van der Waals surface area contributed by atoms with Gasteiger partial charge in [0.05, 0.1) is 2.74 Å². The second kappa shape index (κ2) is 4.48. The maximum absolute atomic E-state index is 12.6. The van der Waals surface area contributed by atoms with Crippen molar-refractivity contribution >= 4 is 22.6 Å². The second-order valence-electron chi connectivity index (χ2n) is 4.19. The van der Waals surface area contributed by atoms with Gasteiger partial charge in [-0.3, -0.25) is 14.5 Å². The van der Waals surface area contributed by atoms with Gasteiger partial charge in [0.1, 0.15) is 0 Å². The molecule has 0 unspecified atom stereocenters. The SMILES string of the molecule is [2H]C([2H])(O)C([2H])([2H])CN1C(=O)c2cccc3cccc(c23)C1=O. The molecule has 2 amide bonds. The summed E-state index contributed by atoms with van der Waals surface area (Å²) in [5.41, 5.74) is 0.513. The smallest absolute Gasteiger partial charge is 0.261 e. The van der Waals surface area contributed by atoms with Crippen LogP contribution in [0.5, 0.6) is 0 Å². The van der Waals surface area contributed by atoms with E-state index in [4.69, 9.17) is 5.48 Å². The normalized spacial score (nSPS) is 18.9. The van der Waals surface area contributed by atoms with Crippen LogP contribution in [-0.2, 0) is 0 Å². The molecule has 0 atom stereocenters. The molecule has 2 aromatic rings. The number of rotatable bonds is 3. The first kappa shape index (κ1) is 8.07. The zero-order valence-corrected chi connectivity index (χ0v) is 9.88. The van der Waals surface area contributed by atoms with Gasteiger partial charge in [0.2, 0.25) is 0 Å². The summed E-state index contributed by atoms with van der Waals surface area (Å²) >= 11 is 0. The molecule has 1 aliphatic rings. The van der Waals surface area contributed by atoms with Crippen molar-refractivity contribution in [3.8, 4) is 0 Å². The van der Waals surface area contributed by atoms with Crippen molar-refractivity contribution in [1.82, 2.24) is 4.90 Å². The third-order valence-electron chi connectivity index (χ3n) is 3.17. The lowest BCUT2D eigenvalue weighted by Gasteiger charge is -2.26. The van der Waals surface area contributed by atoms with Crippen molar-refractivity contribution in [3.63, 3.8) is 0 Å². The van der Waals surface area contributed by atoms with Gasteiger partial charge in [0.15, 0.2) is 0 Å². The van der Waals surface area contributed by atoms with E-state index in [1.165, 1.54) is 12.1 Å². The summed E-state index contributed by atoms with van der Waals surface area (Å²) in [6.07, 6.45) is -2.79. The van der Waals surface area contributed by atoms with E-state index in [2.05, 4.69) is 0 Å². The summed E-state index contributed by atoms with van der Waals surface area (Å²) in [5, 5.41) is 10.5. The minimum Gasteiger partial charge on any atom is -0.396 e. The summed E-state index contributed by atoms with van der Waals surface area (Å²) in [6.45, 7) is -4.06. The first-order chi connectivity index (χ1) is 10.6. The molecule has 0 saturated carbocycles. The van der Waals surface area contributed by atoms with E-state index in [0.29, 0.717) is 10.3 Å². The van der Waals surface area contributed by atoms with E-state index in [9.17, 15) is 14.7 Å². The molecule has 0 spiro atoms. The molecule has 0 fully saturated rings. The molecule has 4 heteroatoms. The van der Waals surface area contributed by atoms with Crippen LogP contribution in [0.1, 0.15) is 32.6 Å². The molecule has 2 aromatic carbocycles. The van der Waals surface area contributed by atoms with Crippen molar-refractivity contribution in [1.29, 1.82) is 0 Å². The predicted octanol–water partition coefficient (Wildman–Crippen LogP) is 1.82. The molecule has 3 rings (SSSR count). The van der Waals surface area contributed by atoms with Crippen LogP contribution in [0.25, 0.3) is 10.8 Å². The fourth-order valence-electron chi connectivity index (χ4n) is 2.34. The highest BCUT2D eigenvalue weighted by Gasteiger charge is 2.31. The zero-order chi connectivity index (χ0) is 17.0. The Balaban J connectivity index is 2.11. The van der Waals surface area contributed by atoms with Crippen molar-refractivity contribution in [3.05, 3.63) is 47.5 Å². The first-order valence-corrected chi connectivity index (χ1v) is 5.74. The van der Waals surface area contributed by atoms with Gasteiger partial charge in [-0.1, -0.05) is 24.3 Å². The Morgan fingerprint density at radius 1 is 1.05 bits per heavy atom. The predicted molar refractivity (Wildman–Crippen MR) is 71.0 cm³/mol. The van der Waals surface area contributed by atoms with Gasteiger partial charge in [-0.25, -0.2) is 0 Å². The van der Waals surface area contributed by atoms with Crippen molar-refractivity contribution in [2.75, 3.05) is 13.1 Å². The van der Waals surface area contributed by atoms with Gasteiger partial charge in [0, 0.05) is 32.4 Å². The lowest BCUT2D eigenvalue weighted by molar-refractivity contribution is 0.0601. The van der Waals surface area contributed by atoms with E-state index < -0.39 is 31.3 Å². The van der Waals surface area contributed by atoms with Crippen LogP contribution in [0.3, 0.4) is 0 Å². The van der Waals surface area contributed by atoms with E-state index >= 15 is 0 Å². The third-order valence-corrected chi connectivity index (χ3v) is 3.17. The zero-order valence-electron chi connectivity index (χ0n) is 13.9. The Bertz CT molecular complexity index is 778. The molecule has 19 heavy (non-hydrogen) atoms. The number of imide groups is 1. The van der Waals surface area contributed by atoms with Crippen molar-refractivity contribution in [2.45, 2.75) is 6.37 Å². The topological polar surface area (TPSA) is 57.6 Å². The Morgan fingerprint density at radius 2 is 1.63 bits per heavy atom. The van der Waals surface area contributed by atoms with Crippen molar-refractivity contribution < 1.29 is 20.2 Å². The van der Waals surface area contributed by atoms with Crippen LogP contribution in [0.15, 0.2) is 36.4 Å². The molecule has 96 valence electrons. The van der Waals surface area contributed by atoms with Gasteiger partial charge in [-0.2, -0.15) is 0 Å². The largest absolute Gasteiger partial charge is 0.396 e. The summed E-state index contributed by atoms with van der Waals surface area (Å²) in [5.74, 6) is -1.40. The minimum atomic E-state index is -3.18. The average molecular weight is 259 g/mol. The van der Waals surface area contributed by atoms with Crippen LogP contribution in [0.2, 0.25) is 0 Å². The monoisotopic (exact) mass is 259 g/mol. The molecular weight excluding hydrogens is 242 g/mol. The quantitative estimate of drug-likeness (QED) is 0.855. The van der Waals surface area contributed by atoms with Gasteiger partial charge in [-0.15, -0.1) is 0 Å². The number of hydrogen-bond donors (Lipinski definition) is 1. The fraction of sp³-hybridized carbons (Fsp3) is 0.200. The van der Waals surface area contributed by atoms with Gasteiger partial charge in [0.25, 0.3) is 11.8 Å². The number of hydrogen-bond acceptors (Lipinski definition) is 3. The van der Waals surface area contributed by atoms with Crippen LogP contribution < -0.4 is 0 Å². The van der Waals surface area contributed by atoms with Gasteiger partial charge in [-0.05, 0) is 23.9 Å². The lowest BCUT2D eigenvalue weighted by Crippen LogP contribution is -2.41. The van der Waals surface area contributed by atoms with Crippen LogP contribution in [0, 0.1) is 0 Å². The molecular formula is C15H13NO3. The van der Waals surface area contributed by atoms with Crippen LogP contribution in [-0.4, -0.2) is 34.9 Å². The molecule has 0 radical (unpaired) electrons. The highest BCUT2D eigenvalue weighted by atomic mass is 16.3. The maximum atomic E-state index is 12.6. The number of carbonyl (C=O) groups excluding carboxylic acids is 2. The number of benzene rings is 2. The van der Waals surface area contributed by atoms with Gasteiger partial charge < -0.3 is 5.11 Å². The van der Waals surface area contributed by atoms with Crippen LogP contribution >= 0.6 is 0 Å². The Morgan fingerprint density at radius 3 is 2.16 bits per heavy atom. The average Bonchev–Trinajstić information content (AvgIpc) is 2.48. The van der Waals surface area contributed by atoms with E-state index in [-0.39, 0.29) is 11.1 Å². The molecule has 0 aliphatic carbocycles. The van der Waals surface area contributed by atoms with Crippen molar-refractivity contribution in [2.24, 2.45) is 0 Å². The molecule has 0 aromatic heterocycles. The highest BCUT2D eigenvalue weighted by Crippen LogP contribution is 2.29. The van der Waals surface area contributed by atoms with Gasteiger partial charge >= 0.3 is 0 Å². The van der Waals surface area contributed by atoms with E-state index in [1.54, 1.807) is 24.3 Å². The molecule has 0 saturated heterocycles. The highest BCUT2D eigenvalue weighted by molar-refractivity contribution is 6.25. The van der Waals surface area contributed by atoms with E-state index in [0.717, 1.165) is 5.39 Å². The fourth-order valence-corrected chi connectivity index (χ4v) is 2.34. The minimum absolute atomic E-state index is 0.256. The Labute approximate surface area is 115 Å². The molecule has 1 heterocycles.